The first-order valence-electron chi connectivity index (χ1n) is 6.63. The molecule has 2 rings (SSSR count). The summed E-state index contributed by atoms with van der Waals surface area (Å²) < 4.78 is 1.15. The minimum absolute atomic E-state index is 0.296. The van der Waals surface area contributed by atoms with E-state index in [4.69, 9.17) is 0 Å². The molecule has 1 aromatic carbocycles. The predicted molar refractivity (Wildman–Crippen MR) is 82.2 cm³/mol. The van der Waals surface area contributed by atoms with Gasteiger partial charge in [0.1, 0.15) is 0 Å². The third-order valence-electron chi connectivity index (χ3n) is 3.76. The van der Waals surface area contributed by atoms with E-state index in [0.29, 0.717) is 17.5 Å². The molecule has 0 aromatic heterocycles. The number of hydrogen-bond donors (Lipinski definition) is 1. The molecule has 1 N–H and O–H groups in total. The lowest BCUT2D eigenvalue weighted by Crippen LogP contribution is -2.59. The van der Waals surface area contributed by atoms with Crippen LogP contribution in [0.5, 0.6) is 0 Å². The summed E-state index contributed by atoms with van der Waals surface area (Å²) in [6, 6.07) is 9.68. The van der Waals surface area contributed by atoms with Crippen LogP contribution in [-0.4, -0.2) is 25.2 Å². The minimum atomic E-state index is 0.296. The van der Waals surface area contributed by atoms with Gasteiger partial charge in [-0.15, -0.1) is 0 Å². The number of benzene rings is 1. The fourth-order valence-electron chi connectivity index (χ4n) is 2.46. The average molecular weight is 311 g/mol. The van der Waals surface area contributed by atoms with E-state index in [1.165, 1.54) is 5.69 Å². The highest BCUT2D eigenvalue weighted by Gasteiger charge is 2.32. The van der Waals surface area contributed by atoms with Crippen LogP contribution in [0.1, 0.15) is 27.7 Å². The molecule has 0 radical (unpaired) electrons. The Kier molecular flexibility index (Phi) is 4.02. The summed E-state index contributed by atoms with van der Waals surface area (Å²) in [6.07, 6.45) is 0. The molecule has 0 saturated carbocycles. The highest BCUT2D eigenvalue weighted by atomic mass is 79.9. The maximum atomic E-state index is 3.67. The Bertz CT molecular complexity index is 411. The summed E-state index contributed by atoms with van der Waals surface area (Å²) in [7, 11) is 0. The van der Waals surface area contributed by atoms with Crippen molar-refractivity contribution < 1.29 is 0 Å². The van der Waals surface area contributed by atoms with Gasteiger partial charge in [-0.25, -0.2) is 0 Å². The number of anilines is 1. The molecule has 1 heterocycles. The molecule has 1 aliphatic rings. The largest absolute Gasteiger partial charge is 0.366 e. The van der Waals surface area contributed by atoms with Gasteiger partial charge in [-0.2, -0.15) is 0 Å². The van der Waals surface area contributed by atoms with E-state index >= 15 is 0 Å². The van der Waals surface area contributed by atoms with Crippen LogP contribution in [-0.2, 0) is 0 Å². The zero-order valence-electron chi connectivity index (χ0n) is 11.7. The van der Waals surface area contributed by atoms with Gasteiger partial charge < -0.3 is 10.2 Å². The Hall–Kier alpha value is -0.540. The highest BCUT2D eigenvalue weighted by Crippen LogP contribution is 2.28. The van der Waals surface area contributed by atoms with Gasteiger partial charge in [0.2, 0.25) is 0 Å². The number of piperazine rings is 1. The third-order valence-corrected chi connectivity index (χ3v) is 4.25. The van der Waals surface area contributed by atoms with E-state index in [9.17, 15) is 0 Å². The fourth-order valence-corrected chi connectivity index (χ4v) is 2.85. The molecule has 1 aromatic rings. The average Bonchev–Trinajstić information content (AvgIpc) is 2.28. The normalized spacial score (nSPS) is 25.3. The molecule has 0 aliphatic carbocycles. The van der Waals surface area contributed by atoms with Crippen LogP contribution in [0.25, 0.3) is 0 Å². The molecule has 1 fully saturated rings. The summed E-state index contributed by atoms with van der Waals surface area (Å²) >= 11 is 3.56. The van der Waals surface area contributed by atoms with Crippen molar-refractivity contribution >= 4 is 21.6 Å². The van der Waals surface area contributed by atoms with Gasteiger partial charge in [0.25, 0.3) is 0 Å². The smallest absolute Gasteiger partial charge is 0.0387 e. The Balaban J connectivity index is 2.20. The van der Waals surface area contributed by atoms with Crippen molar-refractivity contribution in [3.05, 3.63) is 28.7 Å². The molecule has 100 valence electrons. The van der Waals surface area contributed by atoms with Crippen molar-refractivity contribution in [3.63, 3.8) is 0 Å². The van der Waals surface area contributed by atoms with Crippen molar-refractivity contribution in [2.24, 2.45) is 5.41 Å². The highest BCUT2D eigenvalue weighted by molar-refractivity contribution is 9.10. The van der Waals surface area contributed by atoms with E-state index < -0.39 is 0 Å². The SMILES string of the molecule is CC1CNC(C(C)(C)C)CN1c1cccc(Br)c1. The number of rotatable bonds is 1. The molecule has 1 aliphatic heterocycles. The van der Waals surface area contributed by atoms with Gasteiger partial charge in [0.05, 0.1) is 0 Å². The molecular weight excluding hydrogens is 288 g/mol. The van der Waals surface area contributed by atoms with Gasteiger partial charge in [-0.3, -0.25) is 0 Å². The van der Waals surface area contributed by atoms with Crippen molar-refractivity contribution in [1.82, 2.24) is 5.32 Å². The number of nitrogens with one attached hydrogen (secondary N) is 1. The third kappa shape index (κ3) is 3.07. The van der Waals surface area contributed by atoms with E-state index in [1.54, 1.807) is 0 Å². The zero-order valence-corrected chi connectivity index (χ0v) is 13.3. The molecule has 2 nitrogen and oxygen atoms in total. The number of nitrogens with zero attached hydrogens (tertiary/aromatic N) is 1. The summed E-state index contributed by atoms with van der Waals surface area (Å²) in [4.78, 5) is 2.51. The van der Waals surface area contributed by atoms with Crippen LogP contribution in [0.3, 0.4) is 0 Å². The molecule has 0 amide bonds. The molecule has 2 unspecified atom stereocenters. The van der Waals surface area contributed by atoms with E-state index in [-0.39, 0.29) is 0 Å². The van der Waals surface area contributed by atoms with Crippen LogP contribution in [0.15, 0.2) is 28.7 Å². The first-order valence-corrected chi connectivity index (χ1v) is 7.43. The summed E-state index contributed by atoms with van der Waals surface area (Å²) in [5.41, 5.74) is 1.61. The Morgan fingerprint density at radius 3 is 2.67 bits per heavy atom. The lowest BCUT2D eigenvalue weighted by atomic mass is 9.84. The maximum absolute atomic E-state index is 3.67. The molecular formula is C15H23BrN2. The quantitative estimate of drug-likeness (QED) is 0.851. The van der Waals surface area contributed by atoms with Crippen LogP contribution in [0.4, 0.5) is 5.69 Å². The summed E-state index contributed by atoms with van der Waals surface area (Å²) in [5, 5.41) is 3.67. The fraction of sp³-hybridized carbons (Fsp3) is 0.600. The molecule has 0 bridgehead atoms. The van der Waals surface area contributed by atoms with Crippen LogP contribution >= 0.6 is 15.9 Å². The van der Waals surface area contributed by atoms with E-state index in [2.05, 4.69) is 78.1 Å². The van der Waals surface area contributed by atoms with E-state index in [1.807, 2.05) is 0 Å². The summed E-state index contributed by atoms with van der Waals surface area (Å²) in [6.45, 7) is 11.3. The number of hydrogen-bond acceptors (Lipinski definition) is 2. The lowest BCUT2D eigenvalue weighted by Gasteiger charge is -2.45. The van der Waals surface area contributed by atoms with Gasteiger partial charge >= 0.3 is 0 Å². The van der Waals surface area contributed by atoms with Gasteiger partial charge in [0, 0.05) is 35.3 Å². The summed E-state index contributed by atoms with van der Waals surface area (Å²) in [5.74, 6) is 0. The second-order valence-corrected chi connectivity index (χ2v) is 7.22. The maximum Gasteiger partial charge on any atom is 0.0387 e. The van der Waals surface area contributed by atoms with Gasteiger partial charge in [-0.1, -0.05) is 42.8 Å². The van der Waals surface area contributed by atoms with Gasteiger partial charge in [0.15, 0.2) is 0 Å². The molecule has 18 heavy (non-hydrogen) atoms. The lowest BCUT2D eigenvalue weighted by molar-refractivity contribution is 0.239. The Morgan fingerprint density at radius 2 is 2.06 bits per heavy atom. The Morgan fingerprint density at radius 1 is 1.33 bits per heavy atom. The second kappa shape index (κ2) is 5.22. The van der Waals surface area contributed by atoms with Crippen molar-refractivity contribution in [1.29, 1.82) is 0 Å². The Labute approximate surface area is 119 Å². The van der Waals surface area contributed by atoms with E-state index in [0.717, 1.165) is 17.6 Å². The standard InChI is InChI=1S/C15H23BrN2/c1-11-9-17-14(15(2,3)4)10-18(11)13-7-5-6-12(16)8-13/h5-8,11,14,17H,9-10H2,1-4H3. The van der Waals surface area contributed by atoms with Crippen molar-refractivity contribution in [2.75, 3.05) is 18.0 Å². The van der Waals surface area contributed by atoms with Gasteiger partial charge in [-0.05, 0) is 30.5 Å². The molecule has 3 heteroatoms. The molecule has 2 atom stereocenters. The molecule has 1 saturated heterocycles. The van der Waals surface area contributed by atoms with Crippen LogP contribution < -0.4 is 10.2 Å². The molecule has 0 spiro atoms. The van der Waals surface area contributed by atoms with Crippen molar-refractivity contribution in [2.45, 2.75) is 39.8 Å². The van der Waals surface area contributed by atoms with Crippen LogP contribution in [0, 0.1) is 5.41 Å². The monoisotopic (exact) mass is 310 g/mol. The predicted octanol–water partition coefficient (Wildman–Crippen LogP) is 3.66. The second-order valence-electron chi connectivity index (χ2n) is 6.31. The van der Waals surface area contributed by atoms with Crippen molar-refractivity contribution in [3.8, 4) is 0 Å². The zero-order chi connectivity index (χ0) is 13.3. The topological polar surface area (TPSA) is 15.3 Å². The number of halogens is 1. The first-order chi connectivity index (χ1) is 8.38. The first kappa shape index (κ1) is 13.9. The minimum Gasteiger partial charge on any atom is -0.366 e. The van der Waals surface area contributed by atoms with Crippen LogP contribution in [0.2, 0.25) is 0 Å².